The largest absolute Gasteiger partial charge is 0.313 e. The van der Waals surface area contributed by atoms with Gasteiger partial charge in [-0.15, -0.1) is 0 Å². The highest BCUT2D eigenvalue weighted by molar-refractivity contribution is 4.99. The number of nitrogens with zero attached hydrogens (tertiary/aromatic N) is 2. The SMILES string of the molecule is CCNC1CC(C)CC(C)C1N1CC(C)C(N(C)C)C1. The topological polar surface area (TPSA) is 18.5 Å². The van der Waals surface area contributed by atoms with Crippen LogP contribution in [0, 0.1) is 17.8 Å². The normalized spacial score (nSPS) is 43.4. The van der Waals surface area contributed by atoms with Crippen LogP contribution < -0.4 is 5.32 Å². The third-order valence-electron chi connectivity index (χ3n) is 5.58. The Kier molecular flexibility index (Phi) is 5.49. The average Bonchev–Trinajstić information content (AvgIpc) is 2.70. The number of hydrogen-bond donors (Lipinski definition) is 1. The number of likely N-dealkylation sites (tertiary alicyclic amines) is 1. The molecule has 20 heavy (non-hydrogen) atoms. The Morgan fingerprint density at radius 1 is 1.05 bits per heavy atom. The molecule has 2 rings (SSSR count). The summed E-state index contributed by atoms with van der Waals surface area (Å²) in [5, 5.41) is 3.78. The Morgan fingerprint density at radius 2 is 1.75 bits per heavy atom. The maximum absolute atomic E-state index is 3.78. The van der Waals surface area contributed by atoms with E-state index in [4.69, 9.17) is 0 Å². The second kappa shape index (κ2) is 6.76. The zero-order valence-corrected chi connectivity index (χ0v) is 14.4. The molecule has 3 nitrogen and oxygen atoms in total. The lowest BCUT2D eigenvalue weighted by molar-refractivity contribution is 0.0740. The maximum Gasteiger partial charge on any atom is 0.0275 e. The lowest BCUT2D eigenvalue weighted by atomic mass is 9.76. The summed E-state index contributed by atoms with van der Waals surface area (Å²) in [4.78, 5) is 5.21. The highest BCUT2D eigenvalue weighted by atomic mass is 15.3. The van der Waals surface area contributed by atoms with E-state index in [9.17, 15) is 0 Å². The third-order valence-corrected chi connectivity index (χ3v) is 5.58. The number of likely N-dealkylation sites (N-methyl/N-ethyl adjacent to an activating group) is 2. The number of hydrogen-bond acceptors (Lipinski definition) is 3. The summed E-state index contributed by atoms with van der Waals surface area (Å²) in [5.41, 5.74) is 0. The Labute approximate surface area is 126 Å². The van der Waals surface area contributed by atoms with Crippen molar-refractivity contribution in [1.29, 1.82) is 0 Å². The van der Waals surface area contributed by atoms with E-state index in [1.165, 1.54) is 25.9 Å². The second-order valence-corrected chi connectivity index (χ2v) is 7.67. The van der Waals surface area contributed by atoms with Crippen molar-refractivity contribution in [2.24, 2.45) is 17.8 Å². The van der Waals surface area contributed by atoms with Gasteiger partial charge in [-0.25, -0.2) is 0 Å². The first kappa shape index (κ1) is 16.3. The van der Waals surface area contributed by atoms with Crippen LogP contribution in [-0.4, -0.2) is 61.7 Å². The minimum atomic E-state index is 0.687. The summed E-state index contributed by atoms with van der Waals surface area (Å²) >= 11 is 0. The summed E-state index contributed by atoms with van der Waals surface area (Å²) in [6, 6.07) is 2.15. The van der Waals surface area contributed by atoms with Crippen LogP contribution in [0.5, 0.6) is 0 Å². The van der Waals surface area contributed by atoms with Gasteiger partial charge in [-0.2, -0.15) is 0 Å². The van der Waals surface area contributed by atoms with Crippen molar-refractivity contribution in [2.45, 2.75) is 58.7 Å². The predicted molar refractivity (Wildman–Crippen MR) is 87.0 cm³/mol. The summed E-state index contributed by atoms with van der Waals surface area (Å²) < 4.78 is 0. The highest BCUT2D eigenvalue weighted by Gasteiger charge is 2.42. The fourth-order valence-corrected chi connectivity index (χ4v) is 4.82. The molecule has 1 N–H and O–H groups in total. The minimum Gasteiger partial charge on any atom is -0.313 e. The van der Waals surface area contributed by atoms with Crippen molar-refractivity contribution in [3.05, 3.63) is 0 Å². The molecule has 2 aliphatic rings. The lowest BCUT2D eigenvalue weighted by Gasteiger charge is -2.45. The van der Waals surface area contributed by atoms with Gasteiger partial charge in [0.25, 0.3) is 0 Å². The van der Waals surface area contributed by atoms with Gasteiger partial charge in [0.2, 0.25) is 0 Å². The predicted octanol–water partition coefficient (Wildman–Crippen LogP) is 2.28. The summed E-state index contributed by atoms with van der Waals surface area (Å²) in [7, 11) is 4.47. The fourth-order valence-electron chi connectivity index (χ4n) is 4.82. The highest BCUT2D eigenvalue weighted by Crippen LogP contribution is 2.35. The van der Waals surface area contributed by atoms with E-state index in [1.54, 1.807) is 0 Å². The molecule has 0 aromatic rings. The molecule has 1 saturated heterocycles. The van der Waals surface area contributed by atoms with Crippen molar-refractivity contribution < 1.29 is 0 Å². The number of rotatable bonds is 4. The zero-order chi connectivity index (χ0) is 14.9. The van der Waals surface area contributed by atoms with Gasteiger partial charge in [-0.3, -0.25) is 4.90 Å². The number of nitrogens with one attached hydrogen (secondary N) is 1. The van der Waals surface area contributed by atoms with Crippen LogP contribution in [0.1, 0.15) is 40.5 Å². The van der Waals surface area contributed by atoms with Crippen molar-refractivity contribution in [1.82, 2.24) is 15.1 Å². The molecule has 6 unspecified atom stereocenters. The van der Waals surface area contributed by atoms with Gasteiger partial charge in [0.15, 0.2) is 0 Å². The molecule has 1 aliphatic heterocycles. The van der Waals surface area contributed by atoms with Crippen LogP contribution in [0.25, 0.3) is 0 Å². The molecule has 0 spiro atoms. The standard InChI is InChI=1S/C17H35N3/c1-7-18-15-9-12(2)8-13(3)17(15)20-10-14(4)16(11-20)19(5)6/h12-18H,7-11H2,1-6H3. The van der Waals surface area contributed by atoms with Crippen LogP contribution in [-0.2, 0) is 0 Å². The molecule has 1 saturated carbocycles. The Balaban J connectivity index is 2.08. The Morgan fingerprint density at radius 3 is 2.30 bits per heavy atom. The molecule has 0 amide bonds. The first-order chi connectivity index (χ1) is 9.43. The van der Waals surface area contributed by atoms with Crippen molar-refractivity contribution in [2.75, 3.05) is 33.7 Å². The van der Waals surface area contributed by atoms with Crippen LogP contribution in [0.4, 0.5) is 0 Å². The Bertz CT molecular complexity index is 305. The van der Waals surface area contributed by atoms with E-state index >= 15 is 0 Å². The van der Waals surface area contributed by atoms with Crippen molar-refractivity contribution >= 4 is 0 Å². The Hall–Kier alpha value is -0.120. The van der Waals surface area contributed by atoms with Crippen LogP contribution in [0.15, 0.2) is 0 Å². The first-order valence-electron chi connectivity index (χ1n) is 8.57. The van der Waals surface area contributed by atoms with E-state index in [2.05, 4.69) is 56.9 Å². The first-order valence-corrected chi connectivity index (χ1v) is 8.57. The molecule has 1 aliphatic carbocycles. The maximum atomic E-state index is 3.78. The van der Waals surface area contributed by atoms with Gasteiger partial charge in [0, 0.05) is 31.2 Å². The van der Waals surface area contributed by atoms with Gasteiger partial charge in [-0.1, -0.05) is 27.7 Å². The molecule has 0 aromatic heterocycles. The van der Waals surface area contributed by atoms with E-state index in [0.29, 0.717) is 6.04 Å². The van der Waals surface area contributed by atoms with Gasteiger partial charge in [0.1, 0.15) is 0 Å². The molecule has 0 radical (unpaired) electrons. The fraction of sp³-hybridized carbons (Fsp3) is 1.00. The molecule has 1 heterocycles. The van der Waals surface area contributed by atoms with Gasteiger partial charge < -0.3 is 10.2 Å². The second-order valence-electron chi connectivity index (χ2n) is 7.67. The minimum absolute atomic E-state index is 0.687. The molecule has 2 fully saturated rings. The van der Waals surface area contributed by atoms with Gasteiger partial charge >= 0.3 is 0 Å². The van der Waals surface area contributed by atoms with Crippen LogP contribution >= 0.6 is 0 Å². The molecule has 118 valence electrons. The van der Waals surface area contributed by atoms with Gasteiger partial charge in [-0.05, 0) is 51.2 Å². The van der Waals surface area contributed by atoms with Crippen LogP contribution in [0.2, 0.25) is 0 Å². The van der Waals surface area contributed by atoms with Crippen molar-refractivity contribution in [3.63, 3.8) is 0 Å². The summed E-state index contributed by atoms with van der Waals surface area (Å²) in [6.45, 7) is 13.2. The molecule has 6 atom stereocenters. The third kappa shape index (κ3) is 3.37. The van der Waals surface area contributed by atoms with E-state index in [1.807, 2.05) is 0 Å². The monoisotopic (exact) mass is 281 g/mol. The average molecular weight is 281 g/mol. The molecular formula is C17H35N3. The molecular weight excluding hydrogens is 246 g/mol. The summed E-state index contributed by atoms with van der Waals surface area (Å²) in [5.74, 6) is 2.48. The zero-order valence-electron chi connectivity index (χ0n) is 14.4. The summed E-state index contributed by atoms with van der Waals surface area (Å²) in [6.07, 6.45) is 2.74. The molecule has 3 heteroatoms. The quantitative estimate of drug-likeness (QED) is 0.853. The van der Waals surface area contributed by atoms with Crippen LogP contribution in [0.3, 0.4) is 0 Å². The van der Waals surface area contributed by atoms with Gasteiger partial charge in [0.05, 0.1) is 0 Å². The van der Waals surface area contributed by atoms with E-state index < -0.39 is 0 Å². The smallest absolute Gasteiger partial charge is 0.0275 e. The lowest BCUT2D eigenvalue weighted by Crippen LogP contribution is -2.56. The van der Waals surface area contributed by atoms with E-state index in [-0.39, 0.29) is 0 Å². The van der Waals surface area contributed by atoms with Crippen molar-refractivity contribution in [3.8, 4) is 0 Å². The molecule has 0 bridgehead atoms. The molecule has 0 aromatic carbocycles. The van der Waals surface area contributed by atoms with E-state index in [0.717, 1.165) is 36.4 Å².